The molecule has 86 valence electrons. The highest BCUT2D eigenvalue weighted by Gasteiger charge is 2.15. The zero-order chi connectivity index (χ0) is 11.4. The van der Waals surface area contributed by atoms with Crippen molar-refractivity contribution in [3.63, 3.8) is 0 Å². The fourth-order valence-corrected chi connectivity index (χ4v) is 2.20. The van der Waals surface area contributed by atoms with Crippen LogP contribution >= 0.6 is 11.3 Å². The van der Waals surface area contributed by atoms with Crippen LogP contribution in [0.1, 0.15) is 23.7 Å². The third-order valence-corrected chi connectivity index (χ3v) is 3.07. The highest BCUT2D eigenvalue weighted by molar-refractivity contribution is 7.09. The lowest BCUT2D eigenvalue weighted by Crippen LogP contribution is -2.22. The smallest absolute Gasteiger partial charge is 0.176 e. The third-order valence-electron chi connectivity index (χ3n) is 2.18. The number of rotatable bonds is 5. The summed E-state index contributed by atoms with van der Waals surface area (Å²) in [6.07, 6.45) is 2.62. The van der Waals surface area contributed by atoms with Crippen LogP contribution in [0.15, 0.2) is 11.7 Å². The fourth-order valence-electron chi connectivity index (χ4n) is 1.51. The number of thiazole rings is 1. The first-order valence-corrected chi connectivity index (χ1v) is 6.02. The van der Waals surface area contributed by atoms with E-state index in [2.05, 4.69) is 32.6 Å². The Labute approximate surface area is 97.7 Å². The number of tetrazole rings is 1. The molecule has 0 saturated heterocycles. The minimum Gasteiger partial charge on any atom is -0.309 e. The highest BCUT2D eigenvalue weighted by Crippen LogP contribution is 2.19. The van der Waals surface area contributed by atoms with Gasteiger partial charge in [-0.25, -0.2) is 0 Å². The molecule has 0 bridgehead atoms. The molecular weight excluding hydrogens is 224 g/mol. The molecule has 2 aromatic rings. The van der Waals surface area contributed by atoms with Crippen molar-refractivity contribution in [2.45, 2.75) is 19.4 Å². The number of nitrogens with one attached hydrogen (secondary N) is 1. The van der Waals surface area contributed by atoms with Crippen molar-refractivity contribution < 1.29 is 0 Å². The molecule has 1 unspecified atom stereocenters. The van der Waals surface area contributed by atoms with E-state index in [1.54, 1.807) is 18.4 Å². The van der Waals surface area contributed by atoms with E-state index in [9.17, 15) is 0 Å². The van der Waals surface area contributed by atoms with Gasteiger partial charge in [0, 0.05) is 17.5 Å². The molecular formula is C9H14N6S. The van der Waals surface area contributed by atoms with E-state index in [-0.39, 0.29) is 6.04 Å². The van der Waals surface area contributed by atoms with Crippen LogP contribution < -0.4 is 5.32 Å². The molecule has 2 rings (SSSR count). The molecule has 1 N–H and O–H groups in total. The van der Waals surface area contributed by atoms with Crippen molar-refractivity contribution in [2.75, 3.05) is 6.54 Å². The van der Waals surface area contributed by atoms with Gasteiger partial charge in [-0.05, 0) is 11.8 Å². The van der Waals surface area contributed by atoms with Crippen LogP contribution in [-0.2, 0) is 13.5 Å². The standard InChI is InChI=1S/C9H14N6S/c1-3-11-7(8-5-10-6-16-8)4-9-12-14-15(2)13-9/h5-7,11H,3-4H2,1-2H3. The molecule has 2 heterocycles. The van der Waals surface area contributed by atoms with Gasteiger partial charge in [0.15, 0.2) is 5.82 Å². The van der Waals surface area contributed by atoms with Crippen molar-refractivity contribution in [1.82, 2.24) is 30.5 Å². The normalized spacial score (nSPS) is 12.9. The van der Waals surface area contributed by atoms with E-state index in [4.69, 9.17) is 0 Å². The minimum atomic E-state index is 0.224. The number of aryl methyl sites for hydroxylation is 1. The van der Waals surface area contributed by atoms with Gasteiger partial charge in [-0.15, -0.1) is 21.5 Å². The summed E-state index contributed by atoms with van der Waals surface area (Å²) < 4.78 is 0. The summed E-state index contributed by atoms with van der Waals surface area (Å²) in [5.41, 5.74) is 1.84. The maximum absolute atomic E-state index is 4.18. The molecule has 0 saturated carbocycles. The number of hydrogen-bond donors (Lipinski definition) is 1. The third kappa shape index (κ3) is 2.61. The maximum Gasteiger partial charge on any atom is 0.176 e. The van der Waals surface area contributed by atoms with E-state index in [0.29, 0.717) is 0 Å². The molecule has 16 heavy (non-hydrogen) atoms. The molecule has 0 amide bonds. The van der Waals surface area contributed by atoms with Crippen molar-refractivity contribution in [3.05, 3.63) is 22.4 Å². The Bertz CT molecular complexity index is 423. The summed E-state index contributed by atoms with van der Waals surface area (Å²) in [4.78, 5) is 6.77. The van der Waals surface area contributed by atoms with Crippen molar-refractivity contribution in [1.29, 1.82) is 0 Å². The van der Waals surface area contributed by atoms with Gasteiger partial charge in [-0.2, -0.15) is 4.80 Å². The van der Waals surface area contributed by atoms with Crippen molar-refractivity contribution in [3.8, 4) is 0 Å². The molecule has 0 fully saturated rings. The molecule has 0 aliphatic carbocycles. The van der Waals surface area contributed by atoms with Gasteiger partial charge in [0.25, 0.3) is 0 Å². The summed E-state index contributed by atoms with van der Waals surface area (Å²) >= 11 is 1.64. The average molecular weight is 238 g/mol. The van der Waals surface area contributed by atoms with Crippen molar-refractivity contribution >= 4 is 11.3 Å². The highest BCUT2D eigenvalue weighted by atomic mass is 32.1. The Morgan fingerprint density at radius 1 is 1.56 bits per heavy atom. The predicted molar refractivity (Wildman–Crippen MR) is 61.0 cm³/mol. The first kappa shape index (κ1) is 11.2. The van der Waals surface area contributed by atoms with Crippen LogP contribution in [0, 0.1) is 0 Å². The van der Waals surface area contributed by atoms with Crippen molar-refractivity contribution in [2.24, 2.45) is 7.05 Å². The summed E-state index contributed by atoms with van der Waals surface area (Å²) in [6.45, 7) is 2.99. The van der Waals surface area contributed by atoms with E-state index < -0.39 is 0 Å². The second-order valence-electron chi connectivity index (χ2n) is 3.41. The van der Waals surface area contributed by atoms with Gasteiger partial charge in [0.05, 0.1) is 18.6 Å². The summed E-state index contributed by atoms with van der Waals surface area (Å²) in [5, 5.41) is 15.4. The largest absolute Gasteiger partial charge is 0.309 e. The maximum atomic E-state index is 4.18. The van der Waals surface area contributed by atoms with Gasteiger partial charge < -0.3 is 5.32 Å². The van der Waals surface area contributed by atoms with Crippen LogP contribution in [0.3, 0.4) is 0 Å². The Hall–Kier alpha value is -1.34. The molecule has 0 spiro atoms. The van der Waals surface area contributed by atoms with Crippen LogP contribution in [0.4, 0.5) is 0 Å². The van der Waals surface area contributed by atoms with E-state index in [1.165, 1.54) is 9.67 Å². The molecule has 1 atom stereocenters. The van der Waals surface area contributed by atoms with Gasteiger partial charge in [-0.1, -0.05) is 6.92 Å². The van der Waals surface area contributed by atoms with Gasteiger partial charge in [0.1, 0.15) is 0 Å². The quantitative estimate of drug-likeness (QED) is 0.824. The molecule has 7 heteroatoms. The van der Waals surface area contributed by atoms with Crippen LogP contribution in [0.5, 0.6) is 0 Å². The molecule has 6 nitrogen and oxygen atoms in total. The number of likely N-dealkylation sites (N-methyl/N-ethyl adjacent to an activating group) is 1. The first-order chi connectivity index (χ1) is 7.79. The summed E-state index contributed by atoms with van der Waals surface area (Å²) in [6, 6.07) is 0.224. The molecule has 2 aromatic heterocycles. The van der Waals surface area contributed by atoms with Gasteiger partial charge in [-0.3, -0.25) is 4.98 Å². The predicted octanol–water partition coefficient (Wildman–Crippen LogP) is 0.560. The second kappa shape index (κ2) is 5.13. The zero-order valence-electron chi connectivity index (χ0n) is 9.29. The molecule has 0 aliphatic heterocycles. The van der Waals surface area contributed by atoms with E-state index in [0.717, 1.165) is 18.8 Å². The lowest BCUT2D eigenvalue weighted by Gasteiger charge is -2.13. The lowest BCUT2D eigenvalue weighted by atomic mass is 10.2. The average Bonchev–Trinajstić information content (AvgIpc) is 2.88. The fraction of sp³-hybridized carbons (Fsp3) is 0.556. The van der Waals surface area contributed by atoms with Gasteiger partial charge >= 0.3 is 0 Å². The Morgan fingerprint density at radius 2 is 2.44 bits per heavy atom. The topological polar surface area (TPSA) is 68.5 Å². The van der Waals surface area contributed by atoms with E-state index >= 15 is 0 Å². The SMILES string of the molecule is CCNC(Cc1nnn(C)n1)c1cncs1. The second-order valence-corrected chi connectivity index (χ2v) is 4.33. The Morgan fingerprint density at radius 3 is 3.00 bits per heavy atom. The molecule has 0 radical (unpaired) electrons. The molecule has 0 aliphatic rings. The van der Waals surface area contributed by atoms with E-state index in [1.807, 2.05) is 11.7 Å². The number of aromatic nitrogens is 5. The minimum absolute atomic E-state index is 0.224. The Balaban J connectivity index is 2.09. The van der Waals surface area contributed by atoms with Crippen LogP contribution in [0.2, 0.25) is 0 Å². The van der Waals surface area contributed by atoms with Crippen LogP contribution in [-0.4, -0.2) is 31.7 Å². The number of nitrogens with zero attached hydrogens (tertiary/aromatic N) is 5. The Kier molecular flexibility index (Phi) is 3.58. The summed E-state index contributed by atoms with van der Waals surface area (Å²) in [7, 11) is 1.77. The van der Waals surface area contributed by atoms with Gasteiger partial charge in [0.2, 0.25) is 0 Å². The number of hydrogen-bond acceptors (Lipinski definition) is 6. The van der Waals surface area contributed by atoms with Crippen LogP contribution in [0.25, 0.3) is 0 Å². The summed E-state index contributed by atoms with van der Waals surface area (Å²) in [5.74, 6) is 0.752. The lowest BCUT2D eigenvalue weighted by molar-refractivity contribution is 0.541. The first-order valence-electron chi connectivity index (χ1n) is 5.14. The monoisotopic (exact) mass is 238 g/mol. The molecule has 0 aromatic carbocycles. The zero-order valence-corrected chi connectivity index (χ0v) is 10.1.